The Kier molecular flexibility index (Phi) is 4.81. The molecule has 0 aliphatic rings. The number of benzene rings is 1. The number of hydrogen-bond acceptors (Lipinski definition) is 7. The Labute approximate surface area is 152 Å². The van der Waals surface area contributed by atoms with Crippen LogP contribution in [0.2, 0.25) is 0 Å². The van der Waals surface area contributed by atoms with E-state index >= 15 is 0 Å². The molecular formula is C18H13N5O4. The molecule has 134 valence electrons. The minimum atomic E-state index is -1.21. The monoisotopic (exact) mass is 363 g/mol. The fourth-order valence-electron chi connectivity index (χ4n) is 2.47. The maximum Gasteiger partial charge on any atom is 0.339 e. The van der Waals surface area contributed by atoms with Crippen molar-refractivity contribution in [2.45, 2.75) is 6.54 Å². The molecule has 9 nitrogen and oxygen atoms in total. The first-order chi connectivity index (χ1) is 13.0. The van der Waals surface area contributed by atoms with Gasteiger partial charge >= 0.3 is 5.97 Å². The zero-order valence-electron chi connectivity index (χ0n) is 13.8. The van der Waals surface area contributed by atoms with Gasteiger partial charge < -0.3 is 20.6 Å². The zero-order chi connectivity index (χ0) is 19.4. The van der Waals surface area contributed by atoms with Crippen molar-refractivity contribution < 1.29 is 19.1 Å². The van der Waals surface area contributed by atoms with Crippen molar-refractivity contribution in [3.8, 4) is 6.07 Å². The Morgan fingerprint density at radius 3 is 2.67 bits per heavy atom. The first kappa shape index (κ1) is 17.6. The second-order valence-electron chi connectivity index (χ2n) is 5.41. The summed E-state index contributed by atoms with van der Waals surface area (Å²) in [6.45, 7) is -0.0152. The molecule has 27 heavy (non-hydrogen) atoms. The highest BCUT2D eigenvalue weighted by molar-refractivity contribution is 6.18. The predicted molar refractivity (Wildman–Crippen MR) is 93.9 cm³/mol. The highest BCUT2D eigenvalue weighted by Gasteiger charge is 2.17. The molecular weight excluding hydrogens is 350 g/mol. The summed E-state index contributed by atoms with van der Waals surface area (Å²) in [7, 11) is 0. The fourth-order valence-corrected chi connectivity index (χ4v) is 2.47. The summed E-state index contributed by atoms with van der Waals surface area (Å²) >= 11 is 0. The van der Waals surface area contributed by atoms with Gasteiger partial charge in [0.1, 0.15) is 16.9 Å². The van der Waals surface area contributed by atoms with Crippen molar-refractivity contribution >= 4 is 28.4 Å². The largest absolute Gasteiger partial charge is 0.478 e. The van der Waals surface area contributed by atoms with Crippen LogP contribution in [-0.4, -0.2) is 27.0 Å². The van der Waals surface area contributed by atoms with Gasteiger partial charge in [-0.05, 0) is 24.3 Å². The predicted octanol–water partition coefficient (Wildman–Crippen LogP) is 1.41. The van der Waals surface area contributed by atoms with Gasteiger partial charge in [0.2, 0.25) is 0 Å². The third kappa shape index (κ3) is 3.59. The van der Waals surface area contributed by atoms with E-state index in [0.29, 0.717) is 11.1 Å². The summed E-state index contributed by atoms with van der Waals surface area (Å²) in [5, 5.41) is 21.4. The smallest absolute Gasteiger partial charge is 0.339 e. The van der Waals surface area contributed by atoms with E-state index in [9.17, 15) is 14.7 Å². The average Bonchev–Trinajstić information content (AvgIpc) is 3.09. The van der Waals surface area contributed by atoms with Gasteiger partial charge in [0, 0.05) is 24.0 Å². The second-order valence-corrected chi connectivity index (χ2v) is 5.41. The normalized spacial score (nSPS) is 11.1. The van der Waals surface area contributed by atoms with Crippen LogP contribution in [0, 0.1) is 11.3 Å². The maximum atomic E-state index is 12.3. The van der Waals surface area contributed by atoms with E-state index in [4.69, 9.17) is 15.4 Å². The van der Waals surface area contributed by atoms with Gasteiger partial charge in [-0.3, -0.25) is 4.79 Å². The third-order valence-corrected chi connectivity index (χ3v) is 3.67. The molecule has 0 fully saturated rings. The van der Waals surface area contributed by atoms with Crippen molar-refractivity contribution in [1.29, 1.82) is 5.26 Å². The van der Waals surface area contributed by atoms with E-state index in [1.807, 2.05) is 6.07 Å². The topological polar surface area (TPSA) is 155 Å². The summed E-state index contributed by atoms with van der Waals surface area (Å²) in [4.78, 5) is 31.6. The van der Waals surface area contributed by atoms with Gasteiger partial charge in [-0.25, -0.2) is 14.8 Å². The number of aromatic nitrogens is 2. The first-order valence-corrected chi connectivity index (χ1v) is 7.71. The molecule has 0 aliphatic heterocycles. The van der Waals surface area contributed by atoms with E-state index in [1.54, 1.807) is 12.1 Å². The molecule has 0 atom stereocenters. The highest BCUT2D eigenvalue weighted by atomic mass is 16.4. The van der Waals surface area contributed by atoms with Gasteiger partial charge in [0.05, 0.1) is 23.8 Å². The third-order valence-electron chi connectivity index (χ3n) is 3.67. The number of carbonyl (C=O) groups excluding carboxylic acids is 1. The number of nitrogens with one attached hydrogen (secondary N) is 1. The molecule has 0 spiro atoms. The van der Waals surface area contributed by atoms with Crippen LogP contribution in [0.4, 0.5) is 0 Å². The SMILES string of the molecule is N#Cc1cc(C(=O)O)c2oc(CNC(=O)/C(=C/N)c3ncccn3)cc2c1. The highest BCUT2D eigenvalue weighted by Crippen LogP contribution is 2.25. The average molecular weight is 363 g/mol. The Balaban J connectivity index is 1.83. The molecule has 0 bridgehead atoms. The van der Waals surface area contributed by atoms with Crippen LogP contribution < -0.4 is 11.1 Å². The Hall–Kier alpha value is -4.19. The van der Waals surface area contributed by atoms with Gasteiger partial charge in [0.15, 0.2) is 5.82 Å². The van der Waals surface area contributed by atoms with Crippen LogP contribution in [0.15, 0.2) is 47.3 Å². The van der Waals surface area contributed by atoms with E-state index in [2.05, 4.69) is 15.3 Å². The Morgan fingerprint density at radius 2 is 2.04 bits per heavy atom. The number of nitrogens with zero attached hydrogens (tertiary/aromatic N) is 3. The Morgan fingerprint density at radius 1 is 1.30 bits per heavy atom. The lowest BCUT2D eigenvalue weighted by atomic mass is 10.1. The van der Waals surface area contributed by atoms with E-state index in [1.165, 1.54) is 24.5 Å². The minimum Gasteiger partial charge on any atom is -0.478 e. The van der Waals surface area contributed by atoms with Crippen LogP contribution in [-0.2, 0) is 11.3 Å². The molecule has 0 saturated carbocycles. The lowest BCUT2D eigenvalue weighted by Crippen LogP contribution is -2.25. The van der Waals surface area contributed by atoms with Crippen molar-refractivity contribution in [1.82, 2.24) is 15.3 Å². The van der Waals surface area contributed by atoms with Crippen molar-refractivity contribution in [2.75, 3.05) is 0 Å². The van der Waals surface area contributed by atoms with Crippen LogP contribution in [0.1, 0.15) is 27.5 Å². The van der Waals surface area contributed by atoms with E-state index < -0.39 is 11.9 Å². The van der Waals surface area contributed by atoms with Crippen molar-refractivity contribution in [3.63, 3.8) is 0 Å². The Bertz CT molecular complexity index is 1100. The molecule has 3 aromatic rings. The number of nitriles is 1. The lowest BCUT2D eigenvalue weighted by Gasteiger charge is -2.05. The minimum absolute atomic E-state index is 0.0152. The molecule has 1 amide bonds. The quantitative estimate of drug-likeness (QED) is 0.575. The second kappa shape index (κ2) is 7.37. The number of aromatic carboxylic acids is 1. The molecule has 0 aliphatic carbocycles. The van der Waals surface area contributed by atoms with Crippen LogP contribution >= 0.6 is 0 Å². The molecule has 0 saturated heterocycles. The number of hydrogen-bond donors (Lipinski definition) is 3. The molecule has 3 rings (SSSR count). The van der Waals surface area contributed by atoms with Gasteiger partial charge in [-0.1, -0.05) is 0 Å². The molecule has 0 unspecified atom stereocenters. The van der Waals surface area contributed by atoms with Crippen molar-refractivity contribution in [2.24, 2.45) is 5.73 Å². The number of fused-ring (bicyclic) bond motifs is 1. The summed E-state index contributed by atoms with van der Waals surface area (Å²) in [6, 6.07) is 7.83. The zero-order valence-corrected chi connectivity index (χ0v) is 13.8. The molecule has 1 aromatic carbocycles. The summed E-state index contributed by atoms with van der Waals surface area (Å²) < 4.78 is 5.54. The molecule has 2 heterocycles. The standard InChI is InChI=1S/C18H13N5O4/c19-7-10-4-11-6-12(27-15(11)13(5-10)18(25)26)9-23-17(24)14(8-20)16-21-2-1-3-22-16/h1-6,8H,9,20H2,(H,23,24)(H,25,26)/b14-8+. The van der Waals surface area contributed by atoms with Gasteiger partial charge in [-0.2, -0.15) is 5.26 Å². The number of carbonyl (C=O) groups is 2. The van der Waals surface area contributed by atoms with E-state index in [-0.39, 0.29) is 34.7 Å². The fraction of sp³-hybridized carbons (Fsp3) is 0.0556. The number of carboxylic acids is 1. The molecule has 0 radical (unpaired) electrons. The summed E-state index contributed by atoms with van der Waals surface area (Å²) in [5.74, 6) is -1.23. The lowest BCUT2D eigenvalue weighted by molar-refractivity contribution is -0.115. The number of nitrogens with two attached hydrogens (primary N) is 1. The molecule has 4 N–H and O–H groups in total. The van der Waals surface area contributed by atoms with Gasteiger partial charge in [0.25, 0.3) is 5.91 Å². The van der Waals surface area contributed by atoms with Gasteiger partial charge in [-0.15, -0.1) is 0 Å². The number of amides is 1. The van der Waals surface area contributed by atoms with Crippen molar-refractivity contribution in [3.05, 3.63) is 65.6 Å². The van der Waals surface area contributed by atoms with E-state index in [0.717, 1.165) is 6.20 Å². The van der Waals surface area contributed by atoms with Crippen LogP contribution in [0.5, 0.6) is 0 Å². The number of carboxylic acid groups (broad SMARTS) is 1. The summed E-state index contributed by atoms with van der Waals surface area (Å²) in [5.41, 5.74) is 5.79. The first-order valence-electron chi connectivity index (χ1n) is 7.71. The maximum absolute atomic E-state index is 12.3. The number of rotatable bonds is 5. The summed E-state index contributed by atoms with van der Waals surface area (Å²) in [6.07, 6.45) is 4.07. The van der Waals surface area contributed by atoms with Crippen LogP contribution in [0.3, 0.4) is 0 Å². The number of furan rings is 1. The molecule has 9 heteroatoms. The molecule has 2 aromatic heterocycles. The van der Waals surface area contributed by atoms with Crippen LogP contribution in [0.25, 0.3) is 16.5 Å².